The molecule has 1 aliphatic rings. The Labute approximate surface area is 219 Å². The van der Waals surface area contributed by atoms with Gasteiger partial charge in [-0.05, 0) is 50.6 Å². The van der Waals surface area contributed by atoms with Gasteiger partial charge in [0, 0.05) is 43.5 Å². The fraction of sp³-hybridized carbons (Fsp3) is 0.357. The van der Waals surface area contributed by atoms with E-state index in [-0.39, 0.29) is 0 Å². The van der Waals surface area contributed by atoms with Crippen LogP contribution in [-0.4, -0.2) is 85.9 Å². The van der Waals surface area contributed by atoms with Crippen LogP contribution in [0.3, 0.4) is 0 Å². The molecule has 0 saturated carbocycles. The third kappa shape index (κ3) is 5.75. The van der Waals surface area contributed by atoms with Crippen molar-refractivity contribution in [1.29, 1.82) is 0 Å². The number of aromatic nitrogens is 2. The third-order valence-corrected chi connectivity index (χ3v) is 8.74. The Kier molecular flexibility index (Phi) is 7.66. The van der Waals surface area contributed by atoms with Crippen molar-refractivity contribution in [2.45, 2.75) is 17.9 Å². The molecule has 2 heterocycles. The van der Waals surface area contributed by atoms with Crippen LogP contribution in [0.1, 0.15) is 12.2 Å². The summed E-state index contributed by atoms with van der Waals surface area (Å²) in [5.74, 6) is 1.61. The number of rotatable bonds is 9. The number of nitrogens with one attached hydrogen (secondary N) is 1. The quantitative estimate of drug-likeness (QED) is 0.339. The van der Waals surface area contributed by atoms with Crippen molar-refractivity contribution in [3.05, 3.63) is 72.6 Å². The van der Waals surface area contributed by atoms with E-state index in [1.54, 1.807) is 10.4 Å². The van der Waals surface area contributed by atoms with E-state index in [0.717, 1.165) is 52.8 Å². The van der Waals surface area contributed by atoms with E-state index in [2.05, 4.69) is 29.2 Å². The topological polar surface area (TPSA) is 81.7 Å². The lowest BCUT2D eigenvalue weighted by Gasteiger charge is -2.33. The van der Waals surface area contributed by atoms with Crippen molar-refractivity contribution < 1.29 is 8.42 Å². The first-order valence-electron chi connectivity index (χ1n) is 12.8. The maximum absolute atomic E-state index is 13.5. The summed E-state index contributed by atoms with van der Waals surface area (Å²) in [4.78, 5) is 14.4. The lowest BCUT2D eigenvalue weighted by atomic mass is 10.1. The number of fused-ring (bicyclic) bond motifs is 2. The van der Waals surface area contributed by atoms with E-state index in [9.17, 15) is 8.42 Å². The van der Waals surface area contributed by atoms with Gasteiger partial charge in [0.1, 0.15) is 11.6 Å². The number of benzene rings is 3. The molecule has 0 atom stereocenters. The van der Waals surface area contributed by atoms with Gasteiger partial charge in [-0.1, -0.05) is 48.5 Å². The molecule has 37 heavy (non-hydrogen) atoms. The second-order valence-electron chi connectivity index (χ2n) is 9.75. The highest BCUT2D eigenvalue weighted by atomic mass is 32.2. The summed E-state index contributed by atoms with van der Waals surface area (Å²) in [5, 5.41) is 6.21. The molecule has 0 amide bonds. The molecule has 1 aliphatic heterocycles. The summed E-state index contributed by atoms with van der Waals surface area (Å²) >= 11 is 0. The number of piperazine rings is 1. The fourth-order valence-electron chi connectivity index (χ4n) is 4.82. The predicted octanol–water partition coefficient (Wildman–Crippen LogP) is 3.65. The summed E-state index contributed by atoms with van der Waals surface area (Å²) in [6.45, 7) is 4.57. The molecule has 4 aromatic rings. The van der Waals surface area contributed by atoms with Crippen LogP contribution in [0.2, 0.25) is 0 Å². The summed E-state index contributed by atoms with van der Waals surface area (Å²) in [5.41, 5.74) is 0.916. The maximum Gasteiger partial charge on any atom is 0.243 e. The van der Waals surface area contributed by atoms with Crippen molar-refractivity contribution in [2.24, 2.45) is 0 Å². The highest BCUT2D eigenvalue weighted by Gasteiger charge is 2.30. The molecule has 8 nitrogen and oxygen atoms in total. The minimum Gasteiger partial charge on any atom is -0.369 e. The van der Waals surface area contributed by atoms with Gasteiger partial charge in [0.15, 0.2) is 0 Å². The molecule has 1 N–H and O–H groups in total. The van der Waals surface area contributed by atoms with E-state index < -0.39 is 10.0 Å². The molecular weight excluding hydrogens is 484 g/mol. The van der Waals surface area contributed by atoms with E-state index >= 15 is 0 Å². The van der Waals surface area contributed by atoms with E-state index in [1.165, 1.54) is 0 Å². The Morgan fingerprint density at radius 3 is 2.35 bits per heavy atom. The van der Waals surface area contributed by atoms with Crippen LogP contribution in [-0.2, 0) is 16.6 Å². The largest absolute Gasteiger partial charge is 0.369 e. The molecule has 0 unspecified atom stereocenters. The van der Waals surface area contributed by atoms with Gasteiger partial charge in [-0.25, -0.2) is 18.4 Å². The summed E-state index contributed by atoms with van der Waals surface area (Å²) < 4.78 is 28.6. The Hall–Kier alpha value is -3.11. The van der Waals surface area contributed by atoms with Gasteiger partial charge < -0.3 is 10.2 Å². The average molecular weight is 519 g/mol. The van der Waals surface area contributed by atoms with Gasteiger partial charge in [-0.2, -0.15) is 4.31 Å². The Morgan fingerprint density at radius 1 is 0.865 bits per heavy atom. The van der Waals surface area contributed by atoms with E-state index in [0.29, 0.717) is 37.6 Å². The molecule has 5 rings (SSSR count). The van der Waals surface area contributed by atoms with Crippen LogP contribution < -0.4 is 5.32 Å². The molecule has 3 aromatic carbocycles. The van der Waals surface area contributed by atoms with Gasteiger partial charge in [0.25, 0.3) is 0 Å². The van der Waals surface area contributed by atoms with Crippen molar-refractivity contribution in [3.8, 4) is 0 Å². The molecule has 194 valence electrons. The molecule has 9 heteroatoms. The van der Waals surface area contributed by atoms with Crippen LogP contribution >= 0.6 is 0 Å². The Balaban J connectivity index is 1.27. The molecule has 1 aromatic heterocycles. The van der Waals surface area contributed by atoms with E-state index in [1.807, 2.05) is 60.7 Å². The zero-order valence-electron chi connectivity index (χ0n) is 21.5. The lowest BCUT2D eigenvalue weighted by molar-refractivity contribution is 0.178. The molecular formula is C28H34N6O2S. The fourth-order valence-corrected chi connectivity index (χ4v) is 6.46. The second kappa shape index (κ2) is 11.1. The number of anilines is 1. The summed E-state index contributed by atoms with van der Waals surface area (Å²) in [6.07, 6.45) is 1.02. The second-order valence-corrected chi connectivity index (χ2v) is 11.7. The SMILES string of the molecule is CN(C)CCCNc1nc(CN2CCN(S(=O)(=O)c3cccc4ccccc34)CC2)nc2ccccc12. The van der Waals surface area contributed by atoms with Crippen molar-refractivity contribution in [3.63, 3.8) is 0 Å². The normalized spacial score (nSPS) is 15.5. The van der Waals surface area contributed by atoms with Gasteiger partial charge in [0.05, 0.1) is 17.0 Å². The monoisotopic (exact) mass is 518 g/mol. The number of hydrogen-bond acceptors (Lipinski definition) is 7. The minimum atomic E-state index is -3.58. The van der Waals surface area contributed by atoms with Crippen molar-refractivity contribution in [1.82, 2.24) is 24.1 Å². The van der Waals surface area contributed by atoms with Crippen LogP contribution in [0.25, 0.3) is 21.7 Å². The summed E-state index contributed by atoms with van der Waals surface area (Å²) in [6, 6.07) is 21.2. The molecule has 1 saturated heterocycles. The third-order valence-electron chi connectivity index (χ3n) is 6.79. The number of hydrogen-bond donors (Lipinski definition) is 1. The first-order valence-corrected chi connectivity index (χ1v) is 14.2. The van der Waals surface area contributed by atoms with Crippen LogP contribution in [0, 0.1) is 0 Å². The number of sulfonamides is 1. The first kappa shape index (κ1) is 25.5. The standard InChI is InChI=1S/C28H34N6O2S/c1-32(2)16-8-15-29-28-24-12-5-6-13-25(24)30-27(31-28)21-33-17-19-34(20-18-33)37(35,36)26-14-7-10-22-9-3-4-11-23(22)26/h3-7,9-14H,8,15-21H2,1-2H3,(H,29,30,31). The molecule has 0 bridgehead atoms. The van der Waals surface area contributed by atoms with Gasteiger partial charge in [-0.15, -0.1) is 0 Å². The number of nitrogens with zero attached hydrogens (tertiary/aromatic N) is 5. The predicted molar refractivity (Wildman–Crippen MR) is 149 cm³/mol. The van der Waals surface area contributed by atoms with Crippen molar-refractivity contribution >= 4 is 37.5 Å². The molecule has 0 radical (unpaired) electrons. The molecule has 1 fully saturated rings. The van der Waals surface area contributed by atoms with Crippen LogP contribution in [0.5, 0.6) is 0 Å². The highest BCUT2D eigenvalue weighted by Crippen LogP contribution is 2.27. The Morgan fingerprint density at radius 2 is 1.57 bits per heavy atom. The highest BCUT2D eigenvalue weighted by molar-refractivity contribution is 7.89. The summed E-state index contributed by atoms with van der Waals surface area (Å²) in [7, 11) is 0.572. The maximum atomic E-state index is 13.5. The van der Waals surface area contributed by atoms with Crippen LogP contribution in [0.15, 0.2) is 71.6 Å². The lowest BCUT2D eigenvalue weighted by Crippen LogP contribution is -2.48. The van der Waals surface area contributed by atoms with Crippen molar-refractivity contribution in [2.75, 3.05) is 58.7 Å². The van der Waals surface area contributed by atoms with Crippen LogP contribution in [0.4, 0.5) is 5.82 Å². The molecule has 0 aliphatic carbocycles. The zero-order chi connectivity index (χ0) is 25.8. The van der Waals surface area contributed by atoms with E-state index in [4.69, 9.17) is 9.97 Å². The zero-order valence-corrected chi connectivity index (χ0v) is 22.3. The Bertz CT molecular complexity index is 1480. The van der Waals surface area contributed by atoms with Gasteiger partial charge in [0.2, 0.25) is 10.0 Å². The first-order chi connectivity index (χ1) is 17.9. The minimum absolute atomic E-state index is 0.377. The van der Waals surface area contributed by atoms with Gasteiger partial charge in [-0.3, -0.25) is 4.90 Å². The smallest absolute Gasteiger partial charge is 0.243 e. The number of para-hydroxylation sites is 1. The molecule has 0 spiro atoms. The average Bonchev–Trinajstić information content (AvgIpc) is 2.91. The van der Waals surface area contributed by atoms with Gasteiger partial charge >= 0.3 is 0 Å².